The number of nitrogens with zero attached hydrogens (tertiary/aromatic N) is 3. The first-order valence-electron chi connectivity index (χ1n) is 9.71. The lowest BCUT2D eigenvalue weighted by Crippen LogP contribution is -2.51. The molecule has 168 valence electrons. The number of carbonyl (C=O) groups excluding carboxylic acids is 3. The van der Waals surface area contributed by atoms with Crippen molar-refractivity contribution in [1.82, 2.24) is 9.80 Å². The molecule has 0 aliphatic carbocycles. The van der Waals surface area contributed by atoms with E-state index in [2.05, 4.69) is 0 Å². The molecule has 1 atom stereocenters. The Morgan fingerprint density at radius 3 is 2.35 bits per heavy atom. The van der Waals surface area contributed by atoms with E-state index in [0.29, 0.717) is 35.5 Å². The van der Waals surface area contributed by atoms with E-state index in [-0.39, 0.29) is 35.0 Å². The Kier molecular flexibility index (Phi) is 7.40. The lowest BCUT2D eigenvalue weighted by Gasteiger charge is -2.36. The molecule has 1 aromatic rings. The van der Waals surface area contributed by atoms with Gasteiger partial charge in [-0.15, -0.1) is 0 Å². The summed E-state index contributed by atoms with van der Waals surface area (Å²) in [6.45, 7) is 7.48. The molecule has 0 saturated carbocycles. The van der Waals surface area contributed by atoms with Crippen LogP contribution in [0.3, 0.4) is 0 Å². The third-order valence-electron chi connectivity index (χ3n) is 4.69. The Morgan fingerprint density at radius 1 is 1.13 bits per heavy atom. The zero-order chi connectivity index (χ0) is 22.9. The minimum Gasteiger partial charge on any atom is -0.444 e. The molecule has 11 heteroatoms. The van der Waals surface area contributed by atoms with Crippen LogP contribution in [0.2, 0.25) is 10.0 Å². The average Bonchev–Trinajstić information content (AvgIpc) is 2.95. The van der Waals surface area contributed by atoms with Crippen LogP contribution in [0.1, 0.15) is 27.2 Å². The smallest absolute Gasteiger partial charge is 0.410 e. The fourth-order valence-electron chi connectivity index (χ4n) is 3.20. The van der Waals surface area contributed by atoms with Crippen LogP contribution in [-0.4, -0.2) is 69.1 Å². The molecule has 2 fully saturated rings. The van der Waals surface area contributed by atoms with E-state index in [0.717, 1.165) is 4.90 Å². The summed E-state index contributed by atoms with van der Waals surface area (Å²) < 4.78 is 5.92. The third-order valence-corrected chi connectivity index (χ3v) is 6.90. The van der Waals surface area contributed by atoms with Crippen LogP contribution in [0.5, 0.6) is 0 Å². The monoisotopic (exact) mass is 503 g/mol. The van der Waals surface area contributed by atoms with Crippen molar-refractivity contribution in [2.75, 3.05) is 31.1 Å². The van der Waals surface area contributed by atoms with Gasteiger partial charge < -0.3 is 14.5 Å². The highest BCUT2D eigenvalue weighted by Gasteiger charge is 2.42. The summed E-state index contributed by atoms with van der Waals surface area (Å²) in [7, 11) is 0. The van der Waals surface area contributed by atoms with Crippen molar-refractivity contribution in [3.05, 3.63) is 28.2 Å². The van der Waals surface area contributed by atoms with Gasteiger partial charge in [0.2, 0.25) is 11.8 Å². The Bertz CT molecular complexity index is 914. The highest BCUT2D eigenvalue weighted by Crippen LogP contribution is 2.36. The largest absolute Gasteiger partial charge is 0.444 e. The molecule has 2 aliphatic rings. The number of hydrogen-bond donors (Lipinski definition) is 0. The maximum absolute atomic E-state index is 12.9. The summed E-state index contributed by atoms with van der Waals surface area (Å²) in [5.74, 6) is -0.710. The van der Waals surface area contributed by atoms with E-state index >= 15 is 0 Å². The van der Waals surface area contributed by atoms with Crippen molar-refractivity contribution in [3.8, 4) is 0 Å². The van der Waals surface area contributed by atoms with Crippen molar-refractivity contribution >= 4 is 75.1 Å². The predicted octanol–water partition coefficient (Wildman–Crippen LogP) is 4.20. The third kappa shape index (κ3) is 5.83. The minimum absolute atomic E-state index is 0.0321. The molecular formula is C20H23Cl2N3O4S2. The van der Waals surface area contributed by atoms with E-state index in [9.17, 15) is 14.4 Å². The van der Waals surface area contributed by atoms with Gasteiger partial charge in [-0.25, -0.2) is 9.69 Å². The summed E-state index contributed by atoms with van der Waals surface area (Å²) in [5, 5.41) is 0.0333. The van der Waals surface area contributed by atoms with Crippen molar-refractivity contribution in [2.24, 2.45) is 0 Å². The zero-order valence-electron chi connectivity index (χ0n) is 17.4. The first-order valence-corrected chi connectivity index (χ1v) is 11.8. The van der Waals surface area contributed by atoms with Gasteiger partial charge in [0, 0.05) is 37.6 Å². The van der Waals surface area contributed by atoms with E-state index in [1.807, 2.05) is 25.7 Å². The SMILES string of the molecule is CC(C)(C)OC(=O)N1CCN(C(=S)S[C@H]2CC(=O)N(c3cc(Cl)ccc3Cl)C2=O)CC1. The van der Waals surface area contributed by atoms with Gasteiger partial charge in [0.15, 0.2) is 0 Å². The fourth-order valence-corrected chi connectivity index (χ4v) is 5.11. The van der Waals surface area contributed by atoms with Crippen molar-refractivity contribution in [2.45, 2.75) is 38.0 Å². The number of ether oxygens (including phenoxy) is 1. The van der Waals surface area contributed by atoms with Gasteiger partial charge in [-0.1, -0.05) is 47.2 Å². The number of anilines is 1. The second-order valence-corrected chi connectivity index (χ2v) is 10.9. The van der Waals surface area contributed by atoms with Gasteiger partial charge in [-0.05, 0) is 39.0 Å². The van der Waals surface area contributed by atoms with Gasteiger partial charge in [-0.2, -0.15) is 0 Å². The average molecular weight is 504 g/mol. The van der Waals surface area contributed by atoms with Crippen molar-refractivity contribution in [3.63, 3.8) is 0 Å². The number of piperazine rings is 1. The minimum atomic E-state index is -0.626. The number of carbonyl (C=O) groups is 3. The summed E-state index contributed by atoms with van der Waals surface area (Å²) in [6.07, 6.45) is -0.319. The van der Waals surface area contributed by atoms with Gasteiger partial charge in [0.25, 0.3) is 0 Å². The maximum atomic E-state index is 12.9. The Morgan fingerprint density at radius 2 is 1.74 bits per heavy atom. The highest BCUT2D eigenvalue weighted by molar-refractivity contribution is 8.23. The van der Waals surface area contributed by atoms with Crippen LogP contribution in [0.4, 0.5) is 10.5 Å². The van der Waals surface area contributed by atoms with Gasteiger partial charge in [0.1, 0.15) is 15.2 Å². The van der Waals surface area contributed by atoms with Crippen LogP contribution >= 0.6 is 47.2 Å². The zero-order valence-corrected chi connectivity index (χ0v) is 20.5. The summed E-state index contributed by atoms with van der Waals surface area (Å²) in [5.41, 5.74) is -0.267. The number of benzene rings is 1. The normalized spacial score (nSPS) is 19.8. The van der Waals surface area contributed by atoms with E-state index < -0.39 is 10.9 Å². The molecule has 0 bridgehead atoms. The maximum Gasteiger partial charge on any atom is 0.410 e. The molecule has 0 spiro atoms. The molecule has 7 nitrogen and oxygen atoms in total. The van der Waals surface area contributed by atoms with Gasteiger partial charge in [0.05, 0.1) is 10.7 Å². The first kappa shape index (κ1) is 24.1. The molecule has 0 aromatic heterocycles. The lowest BCUT2D eigenvalue weighted by molar-refractivity contribution is -0.121. The van der Waals surface area contributed by atoms with Gasteiger partial charge >= 0.3 is 6.09 Å². The van der Waals surface area contributed by atoms with Crippen LogP contribution < -0.4 is 4.90 Å². The predicted molar refractivity (Wildman–Crippen MR) is 127 cm³/mol. The van der Waals surface area contributed by atoms with Crippen LogP contribution in [-0.2, 0) is 14.3 Å². The Hall–Kier alpha value is -1.55. The molecular weight excluding hydrogens is 481 g/mol. The molecule has 3 amide bonds. The second kappa shape index (κ2) is 9.52. The molecule has 2 aliphatic heterocycles. The number of halogens is 2. The van der Waals surface area contributed by atoms with Crippen LogP contribution in [0.15, 0.2) is 18.2 Å². The number of rotatable bonds is 2. The second-order valence-electron chi connectivity index (χ2n) is 8.19. The molecule has 3 rings (SSSR count). The molecule has 0 radical (unpaired) electrons. The van der Waals surface area contributed by atoms with Gasteiger partial charge in [-0.3, -0.25) is 9.59 Å². The Balaban J connectivity index is 1.58. The summed E-state index contributed by atoms with van der Waals surface area (Å²) >= 11 is 18.9. The van der Waals surface area contributed by atoms with E-state index in [1.165, 1.54) is 17.8 Å². The summed E-state index contributed by atoms with van der Waals surface area (Å²) in [6, 6.07) is 4.65. The number of hydrogen-bond acceptors (Lipinski definition) is 6. The molecule has 0 unspecified atom stereocenters. The van der Waals surface area contributed by atoms with E-state index in [4.69, 9.17) is 40.2 Å². The lowest BCUT2D eigenvalue weighted by atomic mass is 10.2. The van der Waals surface area contributed by atoms with Crippen molar-refractivity contribution in [1.29, 1.82) is 0 Å². The summed E-state index contributed by atoms with van der Waals surface area (Å²) in [4.78, 5) is 42.3. The number of imide groups is 1. The Labute approximate surface area is 200 Å². The highest BCUT2D eigenvalue weighted by atomic mass is 35.5. The fraction of sp³-hybridized carbons (Fsp3) is 0.500. The van der Waals surface area contributed by atoms with Crippen LogP contribution in [0.25, 0.3) is 0 Å². The molecule has 1 aromatic carbocycles. The number of thiocarbonyl (C=S) groups is 1. The van der Waals surface area contributed by atoms with E-state index in [1.54, 1.807) is 17.0 Å². The first-order chi connectivity index (χ1) is 14.5. The molecule has 2 saturated heterocycles. The standard InChI is InChI=1S/C20H23Cl2N3O4S2/c1-20(2,3)29-18(28)23-6-8-24(9-7-23)19(30)31-15-11-16(26)25(17(15)27)14-10-12(21)4-5-13(14)22/h4-5,10,15H,6-9,11H2,1-3H3/t15-/m0/s1. The topological polar surface area (TPSA) is 70.2 Å². The number of thioether (sulfide) groups is 1. The quantitative estimate of drug-likeness (QED) is 0.442. The molecule has 0 N–H and O–H groups in total. The number of amides is 3. The van der Waals surface area contributed by atoms with Crippen molar-refractivity contribution < 1.29 is 19.1 Å². The molecule has 31 heavy (non-hydrogen) atoms. The van der Waals surface area contributed by atoms with Crippen LogP contribution in [0, 0.1) is 0 Å². The molecule has 2 heterocycles.